The first kappa shape index (κ1) is 15.2. The van der Waals surface area contributed by atoms with Crippen LogP contribution in [0, 0.1) is 11.6 Å². The molecule has 0 bridgehead atoms. The van der Waals surface area contributed by atoms with E-state index < -0.39 is 30.3 Å². The summed E-state index contributed by atoms with van der Waals surface area (Å²) in [5, 5.41) is 2.32. The van der Waals surface area contributed by atoms with E-state index in [1.54, 1.807) is 6.92 Å². The SMILES string of the molecule is CCNC(CC(F)(F)F)c1cc(F)c(F)cc1Cl. The van der Waals surface area contributed by atoms with E-state index in [4.69, 9.17) is 11.6 Å². The van der Waals surface area contributed by atoms with E-state index in [9.17, 15) is 22.0 Å². The van der Waals surface area contributed by atoms with Crippen molar-refractivity contribution in [2.24, 2.45) is 0 Å². The fraction of sp³-hybridized carbons (Fsp3) is 0.455. The average Bonchev–Trinajstić information content (AvgIpc) is 2.21. The van der Waals surface area contributed by atoms with Crippen molar-refractivity contribution >= 4 is 11.6 Å². The van der Waals surface area contributed by atoms with Crippen LogP contribution in [-0.2, 0) is 0 Å². The van der Waals surface area contributed by atoms with Crippen molar-refractivity contribution in [2.75, 3.05) is 6.54 Å². The van der Waals surface area contributed by atoms with Gasteiger partial charge in [-0.1, -0.05) is 18.5 Å². The van der Waals surface area contributed by atoms with Gasteiger partial charge < -0.3 is 5.32 Å². The Balaban J connectivity index is 3.09. The van der Waals surface area contributed by atoms with Crippen LogP contribution in [0.15, 0.2) is 12.1 Å². The van der Waals surface area contributed by atoms with E-state index >= 15 is 0 Å². The Bertz CT molecular complexity index is 419. The zero-order valence-corrected chi connectivity index (χ0v) is 10.2. The normalized spacial score (nSPS) is 13.7. The second-order valence-electron chi connectivity index (χ2n) is 3.72. The Morgan fingerprint density at radius 2 is 1.78 bits per heavy atom. The Morgan fingerprint density at radius 3 is 2.28 bits per heavy atom. The van der Waals surface area contributed by atoms with Gasteiger partial charge in [0.25, 0.3) is 0 Å². The van der Waals surface area contributed by atoms with Gasteiger partial charge in [-0.2, -0.15) is 13.2 Å². The lowest BCUT2D eigenvalue weighted by atomic mass is 10.0. The fourth-order valence-electron chi connectivity index (χ4n) is 1.57. The molecule has 0 saturated heterocycles. The van der Waals surface area contributed by atoms with Crippen LogP contribution in [-0.4, -0.2) is 12.7 Å². The van der Waals surface area contributed by atoms with Crippen molar-refractivity contribution in [3.8, 4) is 0 Å². The van der Waals surface area contributed by atoms with Crippen LogP contribution in [0.2, 0.25) is 5.02 Å². The predicted octanol–water partition coefficient (Wildman–Crippen LogP) is 4.22. The van der Waals surface area contributed by atoms with E-state index in [0.29, 0.717) is 12.1 Å². The van der Waals surface area contributed by atoms with Crippen LogP contribution >= 0.6 is 11.6 Å². The average molecular weight is 288 g/mol. The molecule has 0 aliphatic heterocycles. The third-order valence-electron chi connectivity index (χ3n) is 2.30. The minimum atomic E-state index is -4.43. The van der Waals surface area contributed by atoms with E-state index in [1.165, 1.54) is 0 Å². The number of hydrogen-bond acceptors (Lipinski definition) is 1. The van der Waals surface area contributed by atoms with Crippen molar-refractivity contribution in [3.05, 3.63) is 34.4 Å². The quantitative estimate of drug-likeness (QED) is 0.646. The molecule has 1 aromatic carbocycles. The van der Waals surface area contributed by atoms with Gasteiger partial charge in [0.15, 0.2) is 11.6 Å². The van der Waals surface area contributed by atoms with Crippen LogP contribution < -0.4 is 5.32 Å². The fourth-order valence-corrected chi connectivity index (χ4v) is 1.86. The molecule has 0 spiro atoms. The Labute approximate surface area is 106 Å². The van der Waals surface area contributed by atoms with Gasteiger partial charge in [0, 0.05) is 11.1 Å². The van der Waals surface area contributed by atoms with Gasteiger partial charge in [-0.05, 0) is 24.2 Å². The van der Waals surface area contributed by atoms with Gasteiger partial charge in [-0.15, -0.1) is 0 Å². The first-order chi connectivity index (χ1) is 8.24. The van der Waals surface area contributed by atoms with E-state index in [0.717, 1.165) is 0 Å². The highest BCUT2D eigenvalue weighted by molar-refractivity contribution is 6.31. The largest absolute Gasteiger partial charge is 0.390 e. The van der Waals surface area contributed by atoms with Crippen molar-refractivity contribution < 1.29 is 22.0 Å². The maximum Gasteiger partial charge on any atom is 0.390 e. The smallest absolute Gasteiger partial charge is 0.310 e. The van der Waals surface area contributed by atoms with Crippen LogP contribution in [0.25, 0.3) is 0 Å². The van der Waals surface area contributed by atoms with Gasteiger partial charge in [0.1, 0.15) is 0 Å². The Kier molecular flexibility index (Phi) is 4.92. The molecule has 0 aromatic heterocycles. The number of nitrogens with one attached hydrogen (secondary N) is 1. The van der Waals surface area contributed by atoms with Crippen molar-refractivity contribution in [3.63, 3.8) is 0 Å². The molecule has 1 rings (SSSR count). The highest BCUT2D eigenvalue weighted by Crippen LogP contribution is 2.33. The molecule has 0 saturated carbocycles. The van der Waals surface area contributed by atoms with Gasteiger partial charge in [0.2, 0.25) is 0 Å². The molecule has 1 nitrogen and oxygen atoms in total. The monoisotopic (exact) mass is 287 g/mol. The number of hydrogen-bond donors (Lipinski definition) is 1. The summed E-state index contributed by atoms with van der Waals surface area (Å²) in [4.78, 5) is 0. The van der Waals surface area contributed by atoms with Crippen molar-refractivity contribution in [1.82, 2.24) is 5.32 Å². The predicted molar refractivity (Wildman–Crippen MR) is 58.5 cm³/mol. The highest BCUT2D eigenvalue weighted by Gasteiger charge is 2.33. The first-order valence-corrected chi connectivity index (χ1v) is 5.57. The second-order valence-corrected chi connectivity index (χ2v) is 4.12. The summed E-state index contributed by atoms with van der Waals surface area (Å²) in [6.07, 6.45) is -5.63. The summed E-state index contributed by atoms with van der Waals surface area (Å²) >= 11 is 5.65. The highest BCUT2D eigenvalue weighted by atomic mass is 35.5. The Morgan fingerprint density at radius 1 is 1.22 bits per heavy atom. The lowest BCUT2D eigenvalue weighted by Crippen LogP contribution is -2.27. The number of halogens is 6. The van der Waals surface area contributed by atoms with Gasteiger partial charge in [-0.25, -0.2) is 8.78 Å². The van der Waals surface area contributed by atoms with Crippen molar-refractivity contribution in [1.29, 1.82) is 0 Å². The van der Waals surface area contributed by atoms with E-state index in [-0.39, 0.29) is 17.1 Å². The number of rotatable bonds is 4. The molecule has 0 fully saturated rings. The Hall–Kier alpha value is -0.880. The molecule has 0 heterocycles. The lowest BCUT2D eigenvalue weighted by molar-refractivity contribution is -0.140. The molecule has 0 amide bonds. The molecule has 1 atom stereocenters. The van der Waals surface area contributed by atoms with Gasteiger partial charge in [0.05, 0.1) is 6.42 Å². The molecule has 1 N–H and O–H groups in total. The summed E-state index contributed by atoms with van der Waals surface area (Å²) in [6.45, 7) is 1.85. The zero-order chi connectivity index (χ0) is 13.9. The molecule has 1 unspecified atom stereocenters. The third kappa shape index (κ3) is 4.10. The van der Waals surface area contributed by atoms with Gasteiger partial charge >= 0.3 is 6.18 Å². The third-order valence-corrected chi connectivity index (χ3v) is 2.63. The van der Waals surface area contributed by atoms with Crippen LogP contribution in [0.5, 0.6) is 0 Å². The van der Waals surface area contributed by atoms with Crippen LogP contribution in [0.1, 0.15) is 24.9 Å². The maximum absolute atomic E-state index is 13.1. The maximum atomic E-state index is 13.1. The molecule has 0 radical (unpaired) electrons. The van der Waals surface area contributed by atoms with Crippen LogP contribution in [0.3, 0.4) is 0 Å². The number of benzene rings is 1. The second kappa shape index (κ2) is 5.84. The molecule has 0 aliphatic rings. The van der Waals surface area contributed by atoms with Gasteiger partial charge in [-0.3, -0.25) is 0 Å². The van der Waals surface area contributed by atoms with E-state index in [2.05, 4.69) is 5.32 Å². The first-order valence-electron chi connectivity index (χ1n) is 5.19. The molecule has 1 aromatic rings. The molecule has 0 aliphatic carbocycles. The molecular weight excluding hydrogens is 277 g/mol. The minimum absolute atomic E-state index is 0.102. The lowest BCUT2D eigenvalue weighted by Gasteiger charge is -2.21. The topological polar surface area (TPSA) is 12.0 Å². The molecule has 18 heavy (non-hydrogen) atoms. The zero-order valence-electron chi connectivity index (χ0n) is 9.41. The summed E-state index contributed by atoms with van der Waals surface area (Å²) < 4.78 is 63.0. The van der Waals surface area contributed by atoms with Crippen LogP contribution in [0.4, 0.5) is 22.0 Å². The van der Waals surface area contributed by atoms with E-state index in [1.807, 2.05) is 0 Å². The number of alkyl halides is 3. The minimum Gasteiger partial charge on any atom is -0.310 e. The molecule has 102 valence electrons. The molecular formula is C11H11ClF5N. The summed E-state index contributed by atoms with van der Waals surface area (Å²) in [6, 6.07) is 0.168. The van der Waals surface area contributed by atoms with Crippen molar-refractivity contribution in [2.45, 2.75) is 25.6 Å². The summed E-state index contributed by atoms with van der Waals surface area (Å²) in [7, 11) is 0. The summed E-state index contributed by atoms with van der Waals surface area (Å²) in [5.74, 6) is -2.41. The molecule has 7 heteroatoms. The standard InChI is InChI=1S/C11H11ClF5N/c1-2-18-10(5-11(15,16)17)6-3-8(13)9(14)4-7(6)12/h3-4,10,18H,2,5H2,1H3. The summed E-state index contributed by atoms with van der Waals surface area (Å²) in [5.41, 5.74) is -0.102.